The fourth-order valence-electron chi connectivity index (χ4n) is 4.09. The molecule has 3 aromatic rings. The van der Waals surface area contributed by atoms with Crippen LogP contribution in [-0.4, -0.2) is 35.8 Å². The fourth-order valence-corrected chi connectivity index (χ4v) is 4.09. The second-order valence-corrected chi connectivity index (χ2v) is 7.24. The summed E-state index contributed by atoms with van der Waals surface area (Å²) in [4.78, 5) is 26.7. The van der Waals surface area contributed by atoms with Crippen LogP contribution in [0.25, 0.3) is 11.1 Å². The van der Waals surface area contributed by atoms with Crippen LogP contribution in [0.5, 0.6) is 0 Å². The Labute approximate surface area is 168 Å². The number of aliphatic imine (C=N–C) groups is 2. The first-order chi connectivity index (χ1) is 14.2. The quantitative estimate of drug-likeness (QED) is 0.707. The molecule has 1 fully saturated rings. The summed E-state index contributed by atoms with van der Waals surface area (Å²) in [5, 5.41) is 3.10. The summed E-state index contributed by atoms with van der Waals surface area (Å²) in [5.41, 5.74) is 4.28. The first kappa shape index (κ1) is 17.7. The third kappa shape index (κ3) is 3.22. The van der Waals surface area contributed by atoms with Gasteiger partial charge in [0.15, 0.2) is 0 Å². The number of hydrogen-bond acceptors (Lipinski definition) is 6. The number of benzene rings is 2. The normalized spacial score (nSPS) is 21.2. The van der Waals surface area contributed by atoms with Crippen molar-refractivity contribution in [2.75, 3.05) is 5.32 Å². The predicted octanol–water partition coefficient (Wildman–Crippen LogP) is 2.92. The molecule has 0 bridgehead atoms. The second-order valence-electron chi connectivity index (χ2n) is 7.24. The van der Waals surface area contributed by atoms with E-state index in [-0.39, 0.29) is 17.7 Å². The summed E-state index contributed by atoms with van der Waals surface area (Å²) >= 11 is 0. The van der Waals surface area contributed by atoms with Crippen molar-refractivity contribution in [1.82, 2.24) is 4.98 Å². The van der Waals surface area contributed by atoms with Crippen LogP contribution in [0.2, 0.25) is 0 Å². The van der Waals surface area contributed by atoms with Crippen molar-refractivity contribution in [1.29, 1.82) is 0 Å². The van der Waals surface area contributed by atoms with Crippen LogP contribution in [0.3, 0.4) is 0 Å². The van der Waals surface area contributed by atoms with Gasteiger partial charge in [0.05, 0.1) is 0 Å². The van der Waals surface area contributed by atoms with E-state index in [0.29, 0.717) is 24.0 Å². The van der Waals surface area contributed by atoms with Crippen molar-refractivity contribution in [2.45, 2.75) is 25.3 Å². The number of aromatic nitrogens is 1. The van der Waals surface area contributed by atoms with Crippen molar-refractivity contribution in [3.8, 4) is 0 Å². The van der Waals surface area contributed by atoms with Gasteiger partial charge < -0.3 is 0 Å². The molecule has 1 N–H and O–H groups in total. The van der Waals surface area contributed by atoms with E-state index in [1.807, 2.05) is 48.5 Å². The molecule has 0 saturated heterocycles. The van der Waals surface area contributed by atoms with Crippen molar-refractivity contribution < 1.29 is 9.21 Å². The summed E-state index contributed by atoms with van der Waals surface area (Å²) in [6, 6.07) is 15.5. The number of carbonyl (C=O) groups is 1. The van der Waals surface area contributed by atoms with Gasteiger partial charge in [0.25, 0.3) is 0 Å². The average molecular weight is 382 g/mol. The molecule has 2 aliphatic rings. The minimum absolute atomic E-state index is 0.198. The number of carbonyl (C=O) groups excluding carboxylic acids is 1. The van der Waals surface area contributed by atoms with Crippen LogP contribution < -0.4 is 10.8 Å². The van der Waals surface area contributed by atoms with E-state index < -0.39 is 0 Å². The average Bonchev–Trinajstić information content (AvgIpc) is 3.15. The molecule has 2 atom stereocenters. The zero-order valence-corrected chi connectivity index (χ0v) is 15.8. The number of oxazole rings is 1. The maximum absolute atomic E-state index is 12.8. The molecule has 1 saturated carbocycles. The van der Waals surface area contributed by atoms with Gasteiger partial charge in [-0.2, -0.15) is 0 Å². The van der Waals surface area contributed by atoms with Crippen LogP contribution >= 0.6 is 0 Å². The summed E-state index contributed by atoms with van der Waals surface area (Å²) in [6.07, 6.45) is 2.18. The Morgan fingerprint density at radius 2 is 1.93 bits per heavy atom. The summed E-state index contributed by atoms with van der Waals surface area (Å²) < 4.78 is 5.76. The van der Waals surface area contributed by atoms with Crippen molar-refractivity contribution in [2.24, 2.45) is 15.9 Å². The van der Waals surface area contributed by atoms with Crippen LogP contribution in [0.15, 0.2) is 62.9 Å². The Balaban J connectivity index is 1.56. The molecule has 142 valence electrons. The van der Waals surface area contributed by atoms with Crippen molar-refractivity contribution in [3.05, 3.63) is 54.1 Å². The number of Topliss-reactive ketones (excluding diaryl/α,β-unsaturated/α-hetero) is 1. The van der Waals surface area contributed by atoms with Crippen LogP contribution in [0, 0.1) is 5.92 Å². The maximum atomic E-state index is 12.8. The van der Waals surface area contributed by atoms with E-state index in [4.69, 9.17) is 9.41 Å². The van der Waals surface area contributed by atoms with Gasteiger partial charge in [-0.25, -0.2) is 0 Å². The fraction of sp³-hybridized carbons (Fsp3) is 0.227. The standard InChI is InChI=1S/C22H19BN4O2/c1-23-14-8-3-2-7-13(14)20-19-16(10-6-11-17(19)28)24-21(26-20)27-22-25-15-9-4-5-12-18(15)29-22/h2-5,7-9,12,19-20H,1,6,10-11H2,(H,25,26,27). The van der Waals surface area contributed by atoms with Gasteiger partial charge >= 0.3 is 168 Å². The summed E-state index contributed by atoms with van der Waals surface area (Å²) in [5.74, 6) is 0.295. The topological polar surface area (TPSA) is 79.8 Å². The molecular formula is C22H19BN4O2. The zero-order chi connectivity index (χ0) is 19.8. The Morgan fingerprint density at radius 1 is 1.10 bits per heavy atom. The number of para-hydroxylation sites is 2. The first-order valence-corrected chi connectivity index (χ1v) is 9.75. The monoisotopic (exact) mass is 382 g/mol. The van der Waals surface area contributed by atoms with Crippen LogP contribution in [0.4, 0.5) is 6.01 Å². The molecule has 7 heteroatoms. The van der Waals surface area contributed by atoms with Crippen LogP contribution in [-0.2, 0) is 4.79 Å². The predicted molar refractivity (Wildman–Crippen MR) is 117 cm³/mol. The summed E-state index contributed by atoms with van der Waals surface area (Å²) in [6.45, 7) is 5.72. The van der Waals surface area contributed by atoms with Crippen molar-refractivity contribution in [3.63, 3.8) is 0 Å². The molecule has 2 heterocycles. The molecule has 6 nitrogen and oxygen atoms in total. The molecule has 0 radical (unpaired) electrons. The van der Waals surface area contributed by atoms with E-state index >= 15 is 0 Å². The second kappa shape index (κ2) is 7.24. The number of nitrogens with zero attached hydrogens (tertiary/aromatic N) is 3. The Kier molecular flexibility index (Phi) is 4.43. The van der Waals surface area contributed by atoms with Gasteiger partial charge in [-0.3, -0.25) is 0 Å². The van der Waals surface area contributed by atoms with E-state index in [9.17, 15) is 4.79 Å². The Hall–Kier alpha value is -3.35. The Morgan fingerprint density at radius 3 is 2.79 bits per heavy atom. The van der Waals surface area contributed by atoms with Crippen molar-refractivity contribution >= 4 is 53.4 Å². The Bertz CT molecular complexity index is 1150. The number of rotatable bonds is 3. The van der Waals surface area contributed by atoms with E-state index in [1.165, 1.54) is 0 Å². The third-order valence-corrected chi connectivity index (χ3v) is 5.44. The number of ketones is 1. The number of hydrogen-bond donors (Lipinski definition) is 1. The SMILES string of the molecule is C=Bc1ccccc1C1N=C(Nc2nc3ccccc3o2)N=C2CCCC(=O)C21. The molecule has 5 rings (SSSR count). The molecule has 2 aromatic carbocycles. The third-order valence-electron chi connectivity index (χ3n) is 5.44. The van der Waals surface area contributed by atoms with E-state index in [1.54, 1.807) is 6.92 Å². The first-order valence-electron chi connectivity index (χ1n) is 9.75. The number of fused-ring (bicyclic) bond motifs is 2. The van der Waals surface area contributed by atoms with Gasteiger partial charge in [0, 0.05) is 0 Å². The minimum atomic E-state index is -0.337. The molecule has 1 aliphatic carbocycles. The zero-order valence-electron chi connectivity index (χ0n) is 15.8. The molecule has 1 aromatic heterocycles. The number of nitrogens with one attached hydrogen (secondary N) is 1. The molecule has 0 spiro atoms. The van der Waals surface area contributed by atoms with Gasteiger partial charge in [-0.05, 0) is 0 Å². The van der Waals surface area contributed by atoms with E-state index in [2.05, 4.69) is 21.8 Å². The van der Waals surface area contributed by atoms with Gasteiger partial charge in [-0.15, -0.1) is 0 Å². The van der Waals surface area contributed by atoms with Gasteiger partial charge in [0.1, 0.15) is 0 Å². The molecular weight excluding hydrogens is 363 g/mol. The molecule has 29 heavy (non-hydrogen) atoms. The van der Waals surface area contributed by atoms with Gasteiger partial charge in [0.2, 0.25) is 0 Å². The number of anilines is 1. The molecule has 2 unspecified atom stereocenters. The molecule has 0 amide bonds. The number of guanidine groups is 1. The van der Waals surface area contributed by atoms with Gasteiger partial charge in [-0.1, -0.05) is 0 Å². The summed E-state index contributed by atoms with van der Waals surface area (Å²) in [7, 11) is 0. The van der Waals surface area contributed by atoms with E-state index in [0.717, 1.165) is 35.1 Å². The van der Waals surface area contributed by atoms with Crippen LogP contribution in [0.1, 0.15) is 30.9 Å². The molecule has 1 aliphatic heterocycles.